The van der Waals surface area contributed by atoms with Gasteiger partial charge in [-0.3, -0.25) is 14.3 Å². The Labute approximate surface area is 175 Å². The van der Waals surface area contributed by atoms with E-state index >= 15 is 0 Å². The summed E-state index contributed by atoms with van der Waals surface area (Å²) in [5.41, 5.74) is 2.39. The van der Waals surface area contributed by atoms with Gasteiger partial charge < -0.3 is 10.2 Å². The zero-order valence-corrected chi connectivity index (χ0v) is 17.1. The maximum absolute atomic E-state index is 12.8. The van der Waals surface area contributed by atoms with Gasteiger partial charge in [0.25, 0.3) is 11.8 Å². The molecule has 0 radical (unpaired) electrons. The number of hydrogen-bond acceptors (Lipinski definition) is 5. The molecule has 2 aromatic heterocycles. The van der Waals surface area contributed by atoms with Crippen LogP contribution >= 0.6 is 0 Å². The summed E-state index contributed by atoms with van der Waals surface area (Å²) in [5, 5.41) is 6.94. The number of carbonyl (C=O) groups excluding carboxylic acids is 2. The normalized spacial score (nSPS) is 16.3. The number of nitrogens with zero attached hydrogens (tertiary/aromatic N) is 5. The second-order valence-electron chi connectivity index (χ2n) is 7.54. The van der Waals surface area contributed by atoms with E-state index in [9.17, 15) is 9.59 Å². The van der Waals surface area contributed by atoms with E-state index in [2.05, 4.69) is 20.4 Å². The third-order valence-corrected chi connectivity index (χ3v) is 5.30. The van der Waals surface area contributed by atoms with Crippen LogP contribution in [0, 0.1) is 6.92 Å². The van der Waals surface area contributed by atoms with Crippen molar-refractivity contribution in [2.45, 2.75) is 25.7 Å². The second kappa shape index (κ2) is 8.44. The van der Waals surface area contributed by atoms with Crippen LogP contribution in [0.15, 0.2) is 48.9 Å². The first-order valence-electron chi connectivity index (χ1n) is 9.99. The van der Waals surface area contributed by atoms with Gasteiger partial charge in [0, 0.05) is 44.1 Å². The number of benzene rings is 1. The van der Waals surface area contributed by atoms with Crippen LogP contribution in [0.3, 0.4) is 0 Å². The fourth-order valence-electron chi connectivity index (χ4n) is 3.71. The Morgan fingerprint density at radius 3 is 2.67 bits per heavy atom. The molecule has 3 heterocycles. The van der Waals surface area contributed by atoms with Gasteiger partial charge in [0.1, 0.15) is 5.82 Å². The average molecular weight is 404 g/mol. The largest absolute Gasteiger partial charge is 0.338 e. The summed E-state index contributed by atoms with van der Waals surface area (Å²) < 4.78 is 1.63. The summed E-state index contributed by atoms with van der Waals surface area (Å²) in [7, 11) is 1.79. The van der Waals surface area contributed by atoms with Crippen molar-refractivity contribution in [3.8, 4) is 0 Å². The lowest BCUT2D eigenvalue weighted by Crippen LogP contribution is -2.39. The van der Waals surface area contributed by atoms with Crippen LogP contribution in [0.25, 0.3) is 0 Å². The maximum Gasteiger partial charge on any atom is 0.259 e. The van der Waals surface area contributed by atoms with Crippen LogP contribution in [-0.4, -0.2) is 49.6 Å². The molecule has 1 saturated heterocycles. The molecule has 0 saturated carbocycles. The Hall–Kier alpha value is -3.55. The van der Waals surface area contributed by atoms with Gasteiger partial charge in [-0.1, -0.05) is 18.2 Å². The van der Waals surface area contributed by atoms with E-state index in [-0.39, 0.29) is 17.7 Å². The van der Waals surface area contributed by atoms with Crippen LogP contribution in [0.2, 0.25) is 0 Å². The molecule has 1 aliphatic heterocycles. The number of piperidine rings is 1. The van der Waals surface area contributed by atoms with Crippen LogP contribution < -0.4 is 5.32 Å². The third kappa shape index (κ3) is 4.22. The number of aromatic nitrogens is 4. The number of nitrogens with one attached hydrogen (secondary N) is 1. The first-order valence-corrected chi connectivity index (χ1v) is 9.99. The van der Waals surface area contributed by atoms with Gasteiger partial charge >= 0.3 is 0 Å². The molecule has 2 amide bonds. The molecule has 0 unspecified atom stereocenters. The van der Waals surface area contributed by atoms with Crippen LogP contribution in [0.1, 0.15) is 51.0 Å². The lowest BCUT2D eigenvalue weighted by atomic mass is 9.96. The minimum atomic E-state index is -0.234. The van der Waals surface area contributed by atoms with Gasteiger partial charge in [-0.2, -0.15) is 5.10 Å². The van der Waals surface area contributed by atoms with E-state index in [0.717, 1.165) is 18.5 Å². The zero-order chi connectivity index (χ0) is 21.1. The summed E-state index contributed by atoms with van der Waals surface area (Å²) in [5.74, 6) is 0.461. The van der Waals surface area contributed by atoms with Crippen molar-refractivity contribution < 1.29 is 9.59 Å². The van der Waals surface area contributed by atoms with Crippen molar-refractivity contribution in [2.75, 3.05) is 18.4 Å². The third-order valence-electron chi connectivity index (χ3n) is 5.30. The van der Waals surface area contributed by atoms with E-state index in [1.165, 1.54) is 0 Å². The number of anilines is 1. The van der Waals surface area contributed by atoms with Crippen molar-refractivity contribution in [3.63, 3.8) is 0 Å². The molecule has 1 aliphatic rings. The van der Waals surface area contributed by atoms with Crippen molar-refractivity contribution in [1.29, 1.82) is 0 Å². The molecule has 8 heteroatoms. The number of hydrogen-bond donors (Lipinski definition) is 1. The average Bonchev–Trinajstić information content (AvgIpc) is 3.20. The predicted octanol–water partition coefficient (Wildman–Crippen LogP) is 2.79. The first-order chi connectivity index (χ1) is 14.5. The molecule has 1 N–H and O–H groups in total. The van der Waals surface area contributed by atoms with E-state index in [0.29, 0.717) is 35.7 Å². The Morgan fingerprint density at radius 2 is 1.97 bits per heavy atom. The lowest BCUT2D eigenvalue weighted by molar-refractivity contribution is 0.0704. The second-order valence-corrected chi connectivity index (χ2v) is 7.54. The molecule has 0 bridgehead atoms. The van der Waals surface area contributed by atoms with Gasteiger partial charge in [0.15, 0.2) is 0 Å². The summed E-state index contributed by atoms with van der Waals surface area (Å²) in [6.45, 7) is 3.08. The quantitative estimate of drug-likeness (QED) is 0.722. The number of amides is 2. The Kier molecular flexibility index (Phi) is 5.56. The van der Waals surface area contributed by atoms with Crippen LogP contribution in [0.4, 0.5) is 5.69 Å². The lowest BCUT2D eigenvalue weighted by Gasteiger charge is -2.32. The molecule has 8 nitrogen and oxygen atoms in total. The van der Waals surface area contributed by atoms with Crippen LogP contribution in [-0.2, 0) is 7.05 Å². The topological polar surface area (TPSA) is 93.0 Å². The smallest absolute Gasteiger partial charge is 0.259 e. The van der Waals surface area contributed by atoms with Crippen molar-refractivity contribution in [3.05, 3.63) is 71.6 Å². The minimum absolute atomic E-state index is 0.0246. The number of likely N-dealkylation sites (tertiary alicyclic amines) is 1. The number of carbonyl (C=O) groups is 2. The molecular formula is C22H24N6O2. The molecule has 1 aromatic carbocycles. The highest BCUT2D eigenvalue weighted by molar-refractivity contribution is 6.04. The monoisotopic (exact) mass is 404 g/mol. The number of aryl methyl sites for hydroxylation is 2. The molecule has 1 atom stereocenters. The molecule has 4 rings (SSSR count). The molecule has 30 heavy (non-hydrogen) atoms. The van der Waals surface area contributed by atoms with E-state index in [4.69, 9.17) is 0 Å². The fraction of sp³-hybridized carbons (Fsp3) is 0.318. The highest BCUT2D eigenvalue weighted by atomic mass is 16.2. The Bertz CT molecular complexity index is 1060. The molecule has 154 valence electrons. The fourth-order valence-corrected chi connectivity index (χ4v) is 3.71. The number of rotatable bonds is 4. The van der Waals surface area contributed by atoms with Gasteiger partial charge in [-0.25, -0.2) is 9.97 Å². The summed E-state index contributed by atoms with van der Waals surface area (Å²) in [6, 6.07) is 9.29. The highest BCUT2D eigenvalue weighted by Gasteiger charge is 2.28. The SMILES string of the molecule is Cc1nc([C@H]2CCCN(C(=O)c3cnn(C)c3)C2)ncc1C(=O)Nc1ccccc1. The van der Waals surface area contributed by atoms with Gasteiger partial charge in [-0.05, 0) is 31.9 Å². The maximum atomic E-state index is 12.8. The summed E-state index contributed by atoms with van der Waals surface area (Å²) >= 11 is 0. The van der Waals surface area contributed by atoms with E-state index < -0.39 is 0 Å². The molecular weight excluding hydrogens is 380 g/mol. The van der Waals surface area contributed by atoms with Crippen molar-refractivity contribution in [1.82, 2.24) is 24.6 Å². The molecule has 1 fully saturated rings. The Morgan fingerprint density at radius 1 is 1.17 bits per heavy atom. The van der Waals surface area contributed by atoms with E-state index in [1.54, 1.807) is 30.3 Å². The minimum Gasteiger partial charge on any atom is -0.338 e. The molecule has 0 aliphatic carbocycles. The van der Waals surface area contributed by atoms with Gasteiger partial charge in [0.05, 0.1) is 23.0 Å². The Balaban J connectivity index is 1.47. The summed E-state index contributed by atoms with van der Waals surface area (Å²) in [6.07, 6.45) is 6.69. The van der Waals surface area contributed by atoms with Gasteiger partial charge in [0.2, 0.25) is 0 Å². The molecule has 0 spiro atoms. The van der Waals surface area contributed by atoms with Crippen LogP contribution in [0.5, 0.6) is 0 Å². The summed E-state index contributed by atoms with van der Waals surface area (Å²) in [4.78, 5) is 36.2. The zero-order valence-electron chi connectivity index (χ0n) is 17.1. The van der Waals surface area contributed by atoms with Crippen molar-refractivity contribution >= 4 is 17.5 Å². The first kappa shape index (κ1) is 19.8. The van der Waals surface area contributed by atoms with Gasteiger partial charge in [-0.15, -0.1) is 0 Å². The number of para-hydroxylation sites is 1. The molecule has 3 aromatic rings. The van der Waals surface area contributed by atoms with E-state index in [1.807, 2.05) is 42.2 Å². The predicted molar refractivity (Wildman–Crippen MR) is 112 cm³/mol. The van der Waals surface area contributed by atoms with Crippen molar-refractivity contribution in [2.24, 2.45) is 7.05 Å². The standard InChI is InChI=1S/C22H24N6O2/c1-15-19(21(29)26-18-8-4-3-5-9-18)12-23-20(25-15)16-7-6-10-28(14-16)22(30)17-11-24-27(2)13-17/h3-5,8-9,11-13,16H,6-7,10,14H2,1-2H3,(H,26,29)/t16-/m0/s1. The highest BCUT2D eigenvalue weighted by Crippen LogP contribution is 2.26.